The Balaban J connectivity index is 2.39. The zero-order chi connectivity index (χ0) is 10.1. The van der Waals surface area contributed by atoms with Gasteiger partial charge in [-0.3, -0.25) is 0 Å². The number of hydrogen-bond acceptors (Lipinski definition) is 5. The molecule has 0 aliphatic rings. The minimum atomic E-state index is -0.747. The zero-order valence-corrected chi connectivity index (χ0v) is 7.89. The van der Waals surface area contributed by atoms with Crippen molar-refractivity contribution in [2.75, 3.05) is 0 Å². The van der Waals surface area contributed by atoms with Crippen LogP contribution in [0.4, 0.5) is 0 Å². The van der Waals surface area contributed by atoms with E-state index in [9.17, 15) is 5.11 Å². The molecule has 0 saturated heterocycles. The first-order valence-corrected chi connectivity index (χ1v) is 4.24. The molecule has 74 valence electrons. The summed E-state index contributed by atoms with van der Waals surface area (Å²) < 4.78 is 9.96. The Morgan fingerprint density at radius 1 is 1.50 bits per heavy atom. The van der Waals surface area contributed by atoms with Crippen LogP contribution < -0.4 is 0 Å². The maximum atomic E-state index is 9.18. The van der Waals surface area contributed by atoms with Crippen molar-refractivity contribution < 1.29 is 14.0 Å². The van der Waals surface area contributed by atoms with Gasteiger partial charge in [0.1, 0.15) is 11.9 Å². The SMILES string of the molecule is Cc1occc1-c1noc(C(C)O)n1. The molecule has 5 nitrogen and oxygen atoms in total. The van der Waals surface area contributed by atoms with E-state index in [1.165, 1.54) is 0 Å². The van der Waals surface area contributed by atoms with E-state index in [2.05, 4.69) is 10.1 Å². The Kier molecular flexibility index (Phi) is 2.09. The summed E-state index contributed by atoms with van der Waals surface area (Å²) in [4.78, 5) is 4.03. The summed E-state index contributed by atoms with van der Waals surface area (Å²) >= 11 is 0. The first-order chi connectivity index (χ1) is 6.68. The van der Waals surface area contributed by atoms with Crippen molar-refractivity contribution in [1.82, 2.24) is 10.1 Å². The molecule has 0 radical (unpaired) electrons. The number of rotatable bonds is 2. The highest BCUT2D eigenvalue weighted by Gasteiger charge is 2.15. The smallest absolute Gasteiger partial charge is 0.255 e. The maximum absolute atomic E-state index is 9.18. The van der Waals surface area contributed by atoms with E-state index < -0.39 is 6.10 Å². The second-order valence-corrected chi connectivity index (χ2v) is 3.02. The molecule has 2 rings (SSSR count). The van der Waals surface area contributed by atoms with Crippen molar-refractivity contribution in [2.24, 2.45) is 0 Å². The number of aromatic nitrogens is 2. The largest absolute Gasteiger partial charge is 0.469 e. The van der Waals surface area contributed by atoms with Crippen LogP contribution in [0.15, 0.2) is 21.3 Å². The molecule has 2 aromatic heterocycles. The molecule has 1 atom stereocenters. The summed E-state index contributed by atoms with van der Waals surface area (Å²) in [5, 5.41) is 12.9. The summed E-state index contributed by atoms with van der Waals surface area (Å²) in [7, 11) is 0. The Morgan fingerprint density at radius 3 is 2.79 bits per heavy atom. The molecule has 14 heavy (non-hydrogen) atoms. The molecule has 0 aromatic carbocycles. The Morgan fingerprint density at radius 2 is 2.29 bits per heavy atom. The predicted octanol–water partition coefficient (Wildman–Crippen LogP) is 1.69. The summed E-state index contributed by atoms with van der Waals surface area (Å²) in [5.41, 5.74) is 0.778. The van der Waals surface area contributed by atoms with Gasteiger partial charge in [0.2, 0.25) is 5.82 Å². The number of furan rings is 1. The Hall–Kier alpha value is -1.62. The second kappa shape index (κ2) is 3.26. The van der Waals surface area contributed by atoms with E-state index in [1.54, 1.807) is 19.3 Å². The minimum Gasteiger partial charge on any atom is -0.469 e. The average molecular weight is 194 g/mol. The molecule has 0 spiro atoms. The molecule has 1 unspecified atom stereocenters. The van der Waals surface area contributed by atoms with Crippen molar-refractivity contribution in [3.63, 3.8) is 0 Å². The van der Waals surface area contributed by atoms with Crippen LogP contribution in [0.5, 0.6) is 0 Å². The van der Waals surface area contributed by atoms with Gasteiger partial charge in [-0.2, -0.15) is 4.98 Å². The highest BCUT2D eigenvalue weighted by Crippen LogP contribution is 2.22. The van der Waals surface area contributed by atoms with E-state index in [0.717, 1.165) is 11.3 Å². The van der Waals surface area contributed by atoms with Crippen molar-refractivity contribution >= 4 is 0 Å². The standard InChI is InChI=1S/C9H10N2O3/c1-5(12)9-10-8(11-14-9)7-3-4-13-6(7)2/h3-5,12H,1-2H3. The van der Waals surface area contributed by atoms with Crippen LogP contribution >= 0.6 is 0 Å². The molecule has 0 fully saturated rings. The fourth-order valence-corrected chi connectivity index (χ4v) is 1.13. The Labute approximate surface area is 80.4 Å². The van der Waals surface area contributed by atoms with E-state index >= 15 is 0 Å². The summed E-state index contributed by atoms with van der Waals surface area (Å²) in [6.07, 6.45) is 0.812. The highest BCUT2D eigenvalue weighted by atomic mass is 16.5. The average Bonchev–Trinajstić information content (AvgIpc) is 2.71. The van der Waals surface area contributed by atoms with Gasteiger partial charge in [-0.1, -0.05) is 5.16 Å². The normalized spacial score (nSPS) is 13.1. The predicted molar refractivity (Wildman–Crippen MR) is 47.4 cm³/mol. The molecule has 0 aliphatic carbocycles. The highest BCUT2D eigenvalue weighted by molar-refractivity contribution is 5.56. The zero-order valence-electron chi connectivity index (χ0n) is 7.89. The van der Waals surface area contributed by atoms with Gasteiger partial charge in [0, 0.05) is 0 Å². The fraction of sp³-hybridized carbons (Fsp3) is 0.333. The van der Waals surface area contributed by atoms with Crippen LogP contribution in [0.25, 0.3) is 11.4 Å². The number of aliphatic hydroxyl groups is 1. The molecule has 0 amide bonds. The van der Waals surface area contributed by atoms with Gasteiger partial charge in [-0.25, -0.2) is 0 Å². The lowest BCUT2D eigenvalue weighted by atomic mass is 10.2. The lowest BCUT2D eigenvalue weighted by molar-refractivity contribution is 0.152. The number of aryl methyl sites for hydroxylation is 1. The molecule has 0 bridgehead atoms. The van der Waals surface area contributed by atoms with Crippen molar-refractivity contribution in [3.05, 3.63) is 24.0 Å². The fourth-order valence-electron chi connectivity index (χ4n) is 1.13. The van der Waals surface area contributed by atoms with Gasteiger partial charge in [0.05, 0.1) is 11.8 Å². The molecular weight excluding hydrogens is 184 g/mol. The molecular formula is C9H10N2O3. The van der Waals surface area contributed by atoms with E-state index in [1.807, 2.05) is 6.92 Å². The second-order valence-electron chi connectivity index (χ2n) is 3.02. The van der Waals surface area contributed by atoms with Gasteiger partial charge in [0.15, 0.2) is 0 Å². The first kappa shape index (κ1) is 8.96. The lowest BCUT2D eigenvalue weighted by Gasteiger charge is -1.92. The minimum absolute atomic E-state index is 0.209. The molecule has 1 N–H and O–H groups in total. The monoisotopic (exact) mass is 194 g/mol. The van der Waals surface area contributed by atoms with Gasteiger partial charge < -0.3 is 14.0 Å². The van der Waals surface area contributed by atoms with Crippen molar-refractivity contribution in [1.29, 1.82) is 0 Å². The third-order valence-corrected chi connectivity index (χ3v) is 1.90. The van der Waals surface area contributed by atoms with E-state index in [4.69, 9.17) is 8.94 Å². The summed E-state index contributed by atoms with van der Waals surface area (Å²) in [6, 6.07) is 1.76. The Bertz CT molecular complexity index is 431. The number of aliphatic hydroxyl groups excluding tert-OH is 1. The summed E-state index contributed by atoms with van der Waals surface area (Å²) in [5.74, 6) is 1.37. The third kappa shape index (κ3) is 1.42. The molecule has 2 heterocycles. The van der Waals surface area contributed by atoms with E-state index in [0.29, 0.717) is 5.82 Å². The quantitative estimate of drug-likeness (QED) is 0.787. The van der Waals surface area contributed by atoms with Crippen LogP contribution in [0.3, 0.4) is 0 Å². The van der Waals surface area contributed by atoms with Crippen LogP contribution in [-0.4, -0.2) is 15.2 Å². The molecule has 2 aromatic rings. The summed E-state index contributed by atoms with van der Waals surface area (Å²) in [6.45, 7) is 3.38. The maximum Gasteiger partial charge on any atom is 0.255 e. The van der Waals surface area contributed by atoms with Crippen LogP contribution in [0, 0.1) is 6.92 Å². The topological polar surface area (TPSA) is 72.3 Å². The lowest BCUT2D eigenvalue weighted by Crippen LogP contribution is -1.90. The number of hydrogen-bond donors (Lipinski definition) is 1. The molecule has 0 aliphatic heterocycles. The van der Waals surface area contributed by atoms with Crippen LogP contribution in [-0.2, 0) is 0 Å². The number of nitrogens with zero attached hydrogens (tertiary/aromatic N) is 2. The van der Waals surface area contributed by atoms with Gasteiger partial charge in [-0.05, 0) is 19.9 Å². The van der Waals surface area contributed by atoms with Gasteiger partial charge in [-0.15, -0.1) is 0 Å². The van der Waals surface area contributed by atoms with Crippen molar-refractivity contribution in [3.8, 4) is 11.4 Å². The van der Waals surface area contributed by atoms with Gasteiger partial charge in [0.25, 0.3) is 5.89 Å². The van der Waals surface area contributed by atoms with Crippen molar-refractivity contribution in [2.45, 2.75) is 20.0 Å². The third-order valence-electron chi connectivity index (χ3n) is 1.90. The van der Waals surface area contributed by atoms with Crippen LogP contribution in [0.1, 0.15) is 24.7 Å². The molecule has 5 heteroatoms. The van der Waals surface area contributed by atoms with Crippen LogP contribution in [0.2, 0.25) is 0 Å². The van der Waals surface area contributed by atoms with E-state index in [-0.39, 0.29) is 5.89 Å². The molecule has 0 saturated carbocycles. The van der Waals surface area contributed by atoms with Gasteiger partial charge >= 0.3 is 0 Å². The first-order valence-electron chi connectivity index (χ1n) is 4.24.